The highest BCUT2D eigenvalue weighted by Crippen LogP contribution is 2.36. The van der Waals surface area contributed by atoms with Crippen LogP contribution in [0.4, 0.5) is 0 Å². The monoisotopic (exact) mass is 265 g/mol. The van der Waals surface area contributed by atoms with Crippen LogP contribution >= 0.6 is 11.6 Å². The summed E-state index contributed by atoms with van der Waals surface area (Å²) in [4.78, 5) is 7.20. The van der Waals surface area contributed by atoms with E-state index in [9.17, 15) is 0 Å². The molecule has 1 heterocycles. The van der Waals surface area contributed by atoms with Crippen molar-refractivity contribution in [2.75, 3.05) is 7.11 Å². The van der Waals surface area contributed by atoms with Gasteiger partial charge in [-0.3, -0.25) is 0 Å². The number of aryl methyl sites for hydroxylation is 1. The number of aromatic amines is 1. The predicted octanol–water partition coefficient (Wildman–Crippen LogP) is 2.74. The van der Waals surface area contributed by atoms with Crippen LogP contribution in [0.3, 0.4) is 0 Å². The molecule has 18 heavy (non-hydrogen) atoms. The minimum atomic E-state index is -0.381. The fourth-order valence-corrected chi connectivity index (χ4v) is 2.23. The average molecular weight is 266 g/mol. The summed E-state index contributed by atoms with van der Waals surface area (Å²) >= 11 is 6.28. The van der Waals surface area contributed by atoms with Gasteiger partial charge >= 0.3 is 0 Å². The lowest BCUT2D eigenvalue weighted by atomic mass is 9.97. The van der Waals surface area contributed by atoms with E-state index in [1.807, 2.05) is 19.9 Å². The number of nitrogens with two attached hydrogens (primary N) is 1. The van der Waals surface area contributed by atoms with Gasteiger partial charge in [-0.2, -0.15) is 0 Å². The minimum Gasteiger partial charge on any atom is -0.496 e. The molecule has 0 saturated heterocycles. The Labute approximate surface area is 111 Å². The smallest absolute Gasteiger partial charge is 0.127 e. The zero-order valence-corrected chi connectivity index (χ0v) is 11.4. The van der Waals surface area contributed by atoms with Gasteiger partial charge in [0, 0.05) is 23.0 Å². The van der Waals surface area contributed by atoms with Crippen molar-refractivity contribution in [3.63, 3.8) is 0 Å². The van der Waals surface area contributed by atoms with Gasteiger partial charge in [-0.1, -0.05) is 11.6 Å². The summed E-state index contributed by atoms with van der Waals surface area (Å²) in [6.45, 7) is 3.88. The Morgan fingerprint density at radius 2 is 2.17 bits per heavy atom. The Morgan fingerprint density at radius 3 is 2.72 bits per heavy atom. The van der Waals surface area contributed by atoms with Gasteiger partial charge in [0.1, 0.15) is 11.6 Å². The zero-order chi connectivity index (χ0) is 13.3. The molecule has 5 heteroatoms. The van der Waals surface area contributed by atoms with E-state index in [2.05, 4.69) is 9.97 Å². The van der Waals surface area contributed by atoms with Crippen LogP contribution < -0.4 is 10.5 Å². The summed E-state index contributed by atoms with van der Waals surface area (Å²) < 4.78 is 5.40. The largest absolute Gasteiger partial charge is 0.496 e. The molecule has 2 rings (SSSR count). The van der Waals surface area contributed by atoms with Gasteiger partial charge in [-0.05, 0) is 31.0 Å². The number of H-pyrrole nitrogens is 1. The third kappa shape index (κ3) is 2.09. The van der Waals surface area contributed by atoms with E-state index in [1.54, 1.807) is 19.5 Å². The SMILES string of the molecule is COc1cc(C)c(Cl)c(C)c1C(N)c1ncc[nH]1. The molecular weight excluding hydrogens is 250 g/mol. The molecule has 0 spiro atoms. The second-order valence-corrected chi connectivity index (χ2v) is 4.58. The lowest BCUT2D eigenvalue weighted by molar-refractivity contribution is 0.406. The van der Waals surface area contributed by atoms with Gasteiger partial charge in [0.15, 0.2) is 0 Å². The first-order valence-electron chi connectivity index (χ1n) is 5.64. The molecule has 4 nitrogen and oxygen atoms in total. The molecule has 0 aliphatic rings. The number of ether oxygens (including phenoxy) is 1. The second kappa shape index (κ2) is 5.00. The number of hydrogen-bond donors (Lipinski definition) is 2. The topological polar surface area (TPSA) is 63.9 Å². The van der Waals surface area contributed by atoms with E-state index >= 15 is 0 Å². The average Bonchev–Trinajstić information content (AvgIpc) is 2.88. The standard InChI is InChI=1S/C13H16ClN3O/c1-7-6-9(18-3)10(8(2)11(7)14)12(15)13-16-4-5-17-13/h4-6,12H,15H2,1-3H3,(H,16,17). The van der Waals surface area contributed by atoms with Crippen molar-refractivity contribution in [3.8, 4) is 5.75 Å². The lowest BCUT2D eigenvalue weighted by Gasteiger charge is -2.19. The predicted molar refractivity (Wildman–Crippen MR) is 72.1 cm³/mol. The quantitative estimate of drug-likeness (QED) is 0.897. The molecule has 0 fully saturated rings. The molecule has 1 unspecified atom stereocenters. The van der Waals surface area contributed by atoms with Gasteiger partial charge in [0.25, 0.3) is 0 Å². The first-order chi connectivity index (χ1) is 8.56. The zero-order valence-electron chi connectivity index (χ0n) is 10.6. The van der Waals surface area contributed by atoms with Crippen LogP contribution in [0.5, 0.6) is 5.75 Å². The second-order valence-electron chi connectivity index (χ2n) is 4.20. The Kier molecular flexibility index (Phi) is 3.59. The highest BCUT2D eigenvalue weighted by molar-refractivity contribution is 6.32. The van der Waals surface area contributed by atoms with Crippen molar-refractivity contribution in [2.24, 2.45) is 5.73 Å². The third-order valence-electron chi connectivity index (χ3n) is 3.04. The van der Waals surface area contributed by atoms with Crippen LogP contribution in [0.2, 0.25) is 5.02 Å². The van der Waals surface area contributed by atoms with Gasteiger partial charge in [-0.15, -0.1) is 0 Å². The minimum absolute atomic E-state index is 0.381. The number of nitrogens with zero attached hydrogens (tertiary/aromatic N) is 1. The number of benzene rings is 1. The molecule has 0 radical (unpaired) electrons. The number of methoxy groups -OCH3 is 1. The fourth-order valence-electron chi connectivity index (χ4n) is 2.08. The van der Waals surface area contributed by atoms with E-state index in [0.717, 1.165) is 22.4 Å². The molecule has 0 bridgehead atoms. The van der Waals surface area contributed by atoms with Crippen molar-refractivity contribution >= 4 is 11.6 Å². The van der Waals surface area contributed by atoms with E-state index < -0.39 is 0 Å². The van der Waals surface area contributed by atoms with E-state index in [4.69, 9.17) is 22.1 Å². The van der Waals surface area contributed by atoms with Crippen LogP contribution in [0.15, 0.2) is 18.5 Å². The molecular formula is C13H16ClN3O. The van der Waals surface area contributed by atoms with Crippen LogP contribution in [-0.4, -0.2) is 17.1 Å². The molecule has 3 N–H and O–H groups in total. The Bertz CT molecular complexity index is 552. The fraction of sp³-hybridized carbons (Fsp3) is 0.308. The molecule has 0 aliphatic carbocycles. The maximum atomic E-state index is 6.28. The van der Waals surface area contributed by atoms with Gasteiger partial charge in [-0.25, -0.2) is 4.98 Å². The summed E-state index contributed by atoms with van der Waals surface area (Å²) in [5.74, 6) is 1.43. The normalized spacial score (nSPS) is 12.5. The maximum absolute atomic E-state index is 6.28. The number of nitrogens with one attached hydrogen (secondary N) is 1. The van der Waals surface area contributed by atoms with Crippen LogP contribution in [0.1, 0.15) is 28.6 Å². The summed E-state index contributed by atoms with van der Waals surface area (Å²) in [5.41, 5.74) is 8.99. The third-order valence-corrected chi connectivity index (χ3v) is 3.62. The molecule has 1 aromatic heterocycles. The Balaban J connectivity index is 2.59. The van der Waals surface area contributed by atoms with Crippen molar-refractivity contribution in [1.82, 2.24) is 9.97 Å². The van der Waals surface area contributed by atoms with Gasteiger partial charge in [0.2, 0.25) is 0 Å². The number of halogens is 1. The lowest BCUT2D eigenvalue weighted by Crippen LogP contribution is -2.16. The van der Waals surface area contributed by atoms with E-state index in [1.165, 1.54) is 0 Å². The number of aromatic nitrogens is 2. The van der Waals surface area contributed by atoms with Crippen LogP contribution in [-0.2, 0) is 0 Å². The molecule has 1 aromatic carbocycles. The highest BCUT2D eigenvalue weighted by Gasteiger charge is 2.21. The summed E-state index contributed by atoms with van der Waals surface area (Å²) in [6.07, 6.45) is 3.42. The molecule has 2 aromatic rings. The maximum Gasteiger partial charge on any atom is 0.127 e. The van der Waals surface area contributed by atoms with E-state index in [-0.39, 0.29) is 6.04 Å². The van der Waals surface area contributed by atoms with Gasteiger partial charge in [0.05, 0.1) is 13.2 Å². The highest BCUT2D eigenvalue weighted by atomic mass is 35.5. The first kappa shape index (κ1) is 12.9. The molecule has 96 valence electrons. The van der Waals surface area contributed by atoms with Crippen molar-refractivity contribution in [1.29, 1.82) is 0 Å². The van der Waals surface area contributed by atoms with Gasteiger partial charge < -0.3 is 15.5 Å². The number of imidazole rings is 1. The number of hydrogen-bond acceptors (Lipinski definition) is 3. The molecule has 0 amide bonds. The van der Waals surface area contributed by atoms with Crippen molar-refractivity contribution < 1.29 is 4.74 Å². The van der Waals surface area contributed by atoms with Crippen LogP contribution in [0.25, 0.3) is 0 Å². The summed E-state index contributed by atoms with van der Waals surface area (Å²) in [6, 6.07) is 1.51. The summed E-state index contributed by atoms with van der Waals surface area (Å²) in [7, 11) is 1.63. The van der Waals surface area contributed by atoms with Crippen molar-refractivity contribution in [3.05, 3.63) is 46.0 Å². The van der Waals surface area contributed by atoms with Crippen molar-refractivity contribution in [2.45, 2.75) is 19.9 Å². The van der Waals surface area contributed by atoms with E-state index in [0.29, 0.717) is 10.8 Å². The molecule has 1 atom stereocenters. The first-order valence-corrected chi connectivity index (χ1v) is 6.02. The Hall–Kier alpha value is -1.52. The summed E-state index contributed by atoms with van der Waals surface area (Å²) in [5, 5.41) is 0.716. The molecule has 0 saturated carbocycles. The molecule has 0 aliphatic heterocycles. The van der Waals surface area contributed by atoms with Crippen LogP contribution in [0, 0.1) is 13.8 Å². The Morgan fingerprint density at radius 1 is 1.44 bits per heavy atom. The number of rotatable bonds is 3.